The van der Waals surface area contributed by atoms with Crippen molar-refractivity contribution in [1.29, 1.82) is 0 Å². The molecule has 0 amide bonds. The third kappa shape index (κ3) is 4.72. The van der Waals surface area contributed by atoms with Crippen LogP contribution in [0.2, 0.25) is 0 Å². The highest BCUT2D eigenvalue weighted by Gasteiger charge is 2.16. The second-order valence-electron chi connectivity index (χ2n) is 8.40. The van der Waals surface area contributed by atoms with Crippen LogP contribution in [-0.4, -0.2) is 21.4 Å². The molecule has 3 aromatic heterocycles. The van der Waals surface area contributed by atoms with Gasteiger partial charge in [0.1, 0.15) is 11.4 Å². The Balaban J connectivity index is 1.43. The fourth-order valence-electron chi connectivity index (χ4n) is 4.32. The molecule has 0 aliphatic carbocycles. The SMILES string of the molecule is O=c1c(CN(CCCc2cccnc2)Cc2ccncc2)coc2c1cc(F)c1ccccc12. The lowest BCUT2D eigenvalue weighted by molar-refractivity contribution is 0.251. The van der Waals surface area contributed by atoms with Crippen LogP contribution in [0.4, 0.5) is 4.39 Å². The van der Waals surface area contributed by atoms with Crippen molar-refractivity contribution in [1.82, 2.24) is 14.9 Å². The van der Waals surface area contributed by atoms with Crippen LogP contribution in [0, 0.1) is 5.82 Å². The summed E-state index contributed by atoms with van der Waals surface area (Å²) in [7, 11) is 0. The lowest BCUT2D eigenvalue weighted by Gasteiger charge is -2.22. The second kappa shape index (κ2) is 9.93. The van der Waals surface area contributed by atoms with Crippen LogP contribution >= 0.6 is 0 Å². The molecular weight excluding hydrogens is 429 g/mol. The Kier molecular flexibility index (Phi) is 6.40. The van der Waals surface area contributed by atoms with Gasteiger partial charge in [-0.05, 0) is 54.8 Å². The first-order valence-electron chi connectivity index (χ1n) is 11.3. The summed E-state index contributed by atoms with van der Waals surface area (Å²) in [6.07, 6.45) is 10.5. The minimum atomic E-state index is -0.419. The van der Waals surface area contributed by atoms with Gasteiger partial charge in [0.05, 0.1) is 11.6 Å². The van der Waals surface area contributed by atoms with Gasteiger partial charge in [-0.15, -0.1) is 0 Å². The quantitative estimate of drug-likeness (QED) is 0.290. The van der Waals surface area contributed by atoms with Crippen molar-refractivity contribution in [2.45, 2.75) is 25.9 Å². The zero-order chi connectivity index (χ0) is 23.3. The summed E-state index contributed by atoms with van der Waals surface area (Å²) in [6, 6.07) is 16.3. The maximum Gasteiger partial charge on any atom is 0.197 e. The Bertz CT molecular complexity index is 1470. The van der Waals surface area contributed by atoms with Crippen molar-refractivity contribution in [3.8, 4) is 0 Å². The highest BCUT2D eigenvalue weighted by molar-refractivity contribution is 6.04. The molecule has 0 bridgehead atoms. The van der Waals surface area contributed by atoms with Gasteiger partial charge < -0.3 is 4.42 Å². The smallest absolute Gasteiger partial charge is 0.197 e. The summed E-state index contributed by atoms with van der Waals surface area (Å²) in [5, 5.41) is 1.32. The Hall–Kier alpha value is -3.90. The number of hydrogen-bond donors (Lipinski definition) is 0. The maximum absolute atomic E-state index is 14.7. The molecule has 5 aromatic rings. The van der Waals surface area contributed by atoms with Gasteiger partial charge in [-0.25, -0.2) is 4.39 Å². The number of halogens is 1. The summed E-state index contributed by atoms with van der Waals surface area (Å²) in [5.41, 5.74) is 3.02. The Morgan fingerprint density at radius 2 is 1.68 bits per heavy atom. The molecule has 0 atom stereocenters. The third-order valence-electron chi connectivity index (χ3n) is 6.01. The number of hydrogen-bond acceptors (Lipinski definition) is 5. The van der Waals surface area contributed by atoms with Gasteiger partial charge in [-0.1, -0.05) is 30.3 Å². The Morgan fingerprint density at radius 3 is 2.47 bits per heavy atom. The fraction of sp³-hybridized carbons (Fsp3) is 0.179. The van der Waals surface area contributed by atoms with E-state index in [1.165, 1.54) is 17.9 Å². The monoisotopic (exact) mass is 453 g/mol. The van der Waals surface area contributed by atoms with E-state index in [4.69, 9.17) is 4.42 Å². The molecule has 170 valence electrons. The first-order chi connectivity index (χ1) is 16.7. The van der Waals surface area contributed by atoms with Gasteiger partial charge in [-0.2, -0.15) is 0 Å². The lowest BCUT2D eigenvalue weighted by atomic mass is 10.0. The number of rotatable bonds is 8. The molecule has 34 heavy (non-hydrogen) atoms. The summed E-state index contributed by atoms with van der Waals surface area (Å²) >= 11 is 0. The molecule has 0 unspecified atom stereocenters. The highest BCUT2D eigenvalue weighted by Crippen LogP contribution is 2.26. The standard InChI is InChI=1S/C28H24FN3O2/c29-26-15-25-27(33)22(19-34-28(25)24-8-2-1-7-23(24)26)18-32(17-21-9-12-30-13-10-21)14-4-6-20-5-3-11-31-16-20/h1-3,5,7-13,15-16,19H,4,6,14,17-18H2. The van der Waals surface area contributed by atoms with Crippen molar-refractivity contribution < 1.29 is 8.81 Å². The van der Waals surface area contributed by atoms with Gasteiger partial charge in [0.2, 0.25) is 0 Å². The largest absolute Gasteiger partial charge is 0.463 e. The molecule has 0 saturated heterocycles. The van der Waals surface area contributed by atoms with Crippen molar-refractivity contribution in [3.63, 3.8) is 0 Å². The number of fused-ring (bicyclic) bond motifs is 3. The van der Waals surface area contributed by atoms with E-state index in [1.54, 1.807) is 36.8 Å². The van der Waals surface area contributed by atoms with Crippen molar-refractivity contribution >= 4 is 21.7 Å². The van der Waals surface area contributed by atoms with E-state index in [2.05, 4.69) is 20.9 Å². The number of pyridine rings is 2. The minimum Gasteiger partial charge on any atom is -0.463 e. The molecule has 0 aliphatic rings. The molecule has 0 saturated carbocycles. The predicted octanol–water partition coefficient (Wildman–Crippen LogP) is 5.51. The van der Waals surface area contributed by atoms with Crippen LogP contribution in [0.5, 0.6) is 0 Å². The van der Waals surface area contributed by atoms with Crippen LogP contribution < -0.4 is 5.43 Å². The van der Waals surface area contributed by atoms with Crippen LogP contribution in [0.1, 0.15) is 23.1 Å². The molecule has 0 spiro atoms. The molecule has 3 heterocycles. The molecule has 6 heteroatoms. The minimum absolute atomic E-state index is 0.196. The average molecular weight is 454 g/mol. The van der Waals surface area contributed by atoms with Crippen LogP contribution in [0.15, 0.2) is 94.9 Å². The van der Waals surface area contributed by atoms with Crippen molar-refractivity contribution in [3.05, 3.63) is 118 Å². The van der Waals surface area contributed by atoms with Crippen LogP contribution in [0.3, 0.4) is 0 Å². The lowest BCUT2D eigenvalue weighted by Crippen LogP contribution is -2.27. The van der Waals surface area contributed by atoms with Crippen LogP contribution in [0.25, 0.3) is 21.7 Å². The molecule has 2 aromatic carbocycles. The molecule has 0 radical (unpaired) electrons. The van der Waals surface area contributed by atoms with Crippen molar-refractivity contribution in [2.75, 3.05) is 6.54 Å². The Morgan fingerprint density at radius 1 is 0.853 bits per heavy atom. The number of nitrogens with zero attached hydrogens (tertiary/aromatic N) is 3. The van der Waals surface area contributed by atoms with Gasteiger partial charge in [-0.3, -0.25) is 19.7 Å². The molecule has 0 aliphatic heterocycles. The van der Waals surface area contributed by atoms with E-state index >= 15 is 0 Å². The predicted molar refractivity (Wildman–Crippen MR) is 131 cm³/mol. The third-order valence-corrected chi connectivity index (χ3v) is 6.01. The van der Waals surface area contributed by atoms with E-state index in [-0.39, 0.29) is 10.8 Å². The summed E-state index contributed by atoms with van der Waals surface area (Å²) < 4.78 is 20.6. The molecule has 0 fully saturated rings. The molecule has 0 N–H and O–H groups in total. The van der Waals surface area contributed by atoms with E-state index in [0.717, 1.165) is 24.9 Å². The first kappa shape index (κ1) is 21.9. The normalized spacial score (nSPS) is 11.5. The molecular formula is C28H24FN3O2. The highest BCUT2D eigenvalue weighted by atomic mass is 19.1. The van der Waals surface area contributed by atoms with Crippen molar-refractivity contribution in [2.24, 2.45) is 0 Å². The summed E-state index contributed by atoms with van der Waals surface area (Å²) in [5.74, 6) is -0.419. The van der Waals surface area contributed by atoms with Gasteiger partial charge in [0, 0.05) is 54.2 Å². The molecule has 5 rings (SSSR count). The topological polar surface area (TPSA) is 59.2 Å². The van der Waals surface area contributed by atoms with E-state index in [9.17, 15) is 9.18 Å². The Labute approximate surface area is 196 Å². The summed E-state index contributed by atoms with van der Waals surface area (Å²) in [6.45, 7) is 1.85. The van der Waals surface area contributed by atoms with E-state index < -0.39 is 5.82 Å². The summed E-state index contributed by atoms with van der Waals surface area (Å²) in [4.78, 5) is 23.8. The zero-order valence-electron chi connectivity index (χ0n) is 18.7. The van der Waals surface area contributed by atoms with E-state index in [0.29, 0.717) is 35.0 Å². The fourth-order valence-corrected chi connectivity index (χ4v) is 4.32. The molecule has 5 nitrogen and oxygen atoms in total. The number of benzene rings is 2. The van der Waals surface area contributed by atoms with Gasteiger partial charge >= 0.3 is 0 Å². The van der Waals surface area contributed by atoms with Gasteiger partial charge in [0.15, 0.2) is 5.43 Å². The number of aryl methyl sites for hydroxylation is 1. The zero-order valence-corrected chi connectivity index (χ0v) is 18.7. The van der Waals surface area contributed by atoms with E-state index in [1.807, 2.05) is 30.5 Å². The van der Waals surface area contributed by atoms with Gasteiger partial charge in [0.25, 0.3) is 0 Å². The second-order valence-corrected chi connectivity index (χ2v) is 8.40. The first-order valence-corrected chi connectivity index (χ1v) is 11.3. The number of aromatic nitrogens is 2. The average Bonchev–Trinajstić information content (AvgIpc) is 2.87. The maximum atomic E-state index is 14.7. The van der Waals surface area contributed by atoms with Crippen LogP contribution in [-0.2, 0) is 19.5 Å².